The Balaban J connectivity index is 2.01. The van der Waals surface area contributed by atoms with Gasteiger partial charge in [0.1, 0.15) is 10.5 Å². The average molecular weight is 579 g/mol. The van der Waals surface area contributed by atoms with Crippen LogP contribution in [-0.2, 0) is 28.5 Å². The van der Waals surface area contributed by atoms with Gasteiger partial charge in [-0.1, -0.05) is 24.3 Å². The number of nitrogens with two attached hydrogens (primary N) is 1. The summed E-state index contributed by atoms with van der Waals surface area (Å²) in [6, 6.07) is 12.5. The summed E-state index contributed by atoms with van der Waals surface area (Å²) < 4.78 is 21.3. The Labute approximate surface area is 237 Å². The van der Waals surface area contributed by atoms with Crippen LogP contribution in [0.25, 0.3) is 17.5 Å². The van der Waals surface area contributed by atoms with E-state index in [0.29, 0.717) is 16.7 Å². The Morgan fingerprint density at radius 2 is 1.37 bits per heavy atom. The summed E-state index contributed by atoms with van der Waals surface area (Å²) in [5.74, 6) is -3.94. The fourth-order valence-corrected chi connectivity index (χ4v) is 5.58. The minimum Gasteiger partial charge on any atom is -0.466 e. The van der Waals surface area contributed by atoms with Gasteiger partial charge in [-0.15, -0.1) is 11.3 Å². The lowest BCUT2D eigenvalue weighted by Gasteiger charge is -2.26. The lowest BCUT2D eigenvalue weighted by molar-refractivity contribution is -0.138. The minimum absolute atomic E-state index is 0.00152. The van der Waals surface area contributed by atoms with Crippen LogP contribution >= 0.6 is 11.3 Å². The molecule has 12 heteroatoms. The number of methoxy groups -OCH3 is 3. The first-order valence-corrected chi connectivity index (χ1v) is 13.1. The predicted molar refractivity (Wildman–Crippen MR) is 149 cm³/mol. The number of ether oxygens (including phenoxy) is 4. The van der Waals surface area contributed by atoms with Crippen LogP contribution < -0.4 is 20.5 Å². The second-order valence-electron chi connectivity index (χ2n) is 8.64. The van der Waals surface area contributed by atoms with Gasteiger partial charge >= 0.3 is 23.9 Å². The van der Waals surface area contributed by atoms with E-state index in [1.54, 1.807) is 49.4 Å². The number of carbonyl (C=O) groups is 4. The smallest absolute Gasteiger partial charge is 0.338 e. The number of fused-ring (bicyclic) bond motifs is 1. The Kier molecular flexibility index (Phi) is 8.53. The highest BCUT2D eigenvalue weighted by Gasteiger charge is 2.39. The van der Waals surface area contributed by atoms with Crippen molar-refractivity contribution in [3.05, 3.63) is 95.9 Å². The first-order valence-electron chi connectivity index (χ1n) is 12.3. The summed E-state index contributed by atoms with van der Waals surface area (Å²) in [5.41, 5.74) is 7.39. The molecule has 1 atom stereocenters. The summed E-state index contributed by atoms with van der Waals surface area (Å²) in [5, 5.41) is 0. The molecule has 1 aliphatic heterocycles. The topological polar surface area (TPSA) is 153 Å². The lowest BCUT2D eigenvalue weighted by Crippen LogP contribution is -2.41. The number of rotatable bonds is 7. The third-order valence-electron chi connectivity index (χ3n) is 6.34. The monoisotopic (exact) mass is 578 g/mol. The van der Waals surface area contributed by atoms with Crippen LogP contribution in [0.1, 0.15) is 44.7 Å². The molecule has 0 saturated carbocycles. The standard InChI is InChI=1S/C29H26N2O9S/c1-5-40-29(36)21-20(16-10-12-18(13-11-16)27(34)38-3)22(28(35)39-4)25-31(23(21)30)24(32)19(41-25)14-15-6-8-17(9-7-15)26(33)37-2/h6-14,20H,5,30H2,1-4H3/t20-/m1/s1. The molecule has 2 heterocycles. The number of thiazole rings is 1. The molecule has 0 fully saturated rings. The van der Waals surface area contributed by atoms with Gasteiger partial charge in [-0.05, 0) is 48.4 Å². The van der Waals surface area contributed by atoms with Gasteiger partial charge < -0.3 is 24.7 Å². The molecule has 0 saturated heterocycles. The molecule has 2 N–H and O–H groups in total. The molecule has 1 aliphatic rings. The fraction of sp³-hybridized carbons (Fsp3) is 0.207. The van der Waals surface area contributed by atoms with Gasteiger partial charge in [0, 0.05) is 0 Å². The van der Waals surface area contributed by atoms with E-state index in [2.05, 4.69) is 0 Å². The molecule has 0 bridgehead atoms. The molecule has 41 heavy (non-hydrogen) atoms. The number of aromatic nitrogens is 1. The number of hydrogen-bond donors (Lipinski definition) is 1. The van der Waals surface area contributed by atoms with Crippen LogP contribution in [0, 0.1) is 0 Å². The van der Waals surface area contributed by atoms with Crippen molar-refractivity contribution in [3.63, 3.8) is 0 Å². The molecular formula is C29H26N2O9S. The third-order valence-corrected chi connectivity index (χ3v) is 7.45. The summed E-state index contributed by atoms with van der Waals surface area (Å²) in [4.78, 5) is 63.9. The zero-order valence-electron chi connectivity index (χ0n) is 22.6. The molecule has 0 amide bonds. The van der Waals surface area contributed by atoms with Crippen LogP contribution in [0.2, 0.25) is 0 Å². The van der Waals surface area contributed by atoms with Crippen LogP contribution in [0.15, 0.2) is 58.9 Å². The fourth-order valence-electron chi connectivity index (χ4n) is 4.41. The zero-order valence-corrected chi connectivity index (χ0v) is 23.4. The molecular weight excluding hydrogens is 552 g/mol. The van der Waals surface area contributed by atoms with E-state index in [4.69, 9.17) is 24.7 Å². The van der Waals surface area contributed by atoms with Crippen LogP contribution in [0.5, 0.6) is 0 Å². The Morgan fingerprint density at radius 1 is 0.829 bits per heavy atom. The first kappa shape index (κ1) is 29.0. The normalized spacial score (nSPS) is 14.8. The average Bonchev–Trinajstić information content (AvgIpc) is 3.31. The molecule has 0 unspecified atom stereocenters. The maximum Gasteiger partial charge on any atom is 0.338 e. The van der Waals surface area contributed by atoms with E-state index >= 15 is 0 Å². The molecule has 212 valence electrons. The quantitative estimate of drug-likeness (QED) is 0.319. The Morgan fingerprint density at radius 3 is 1.88 bits per heavy atom. The van der Waals surface area contributed by atoms with Gasteiger partial charge in [0.15, 0.2) is 0 Å². The number of carbonyl (C=O) groups excluding carboxylic acids is 4. The molecule has 4 rings (SSSR count). The molecule has 11 nitrogen and oxygen atoms in total. The van der Waals surface area contributed by atoms with E-state index in [1.165, 1.54) is 33.5 Å². The molecule has 0 spiro atoms. The molecule has 0 aliphatic carbocycles. The van der Waals surface area contributed by atoms with Crippen LogP contribution in [-0.4, -0.2) is 56.4 Å². The molecule has 2 aromatic carbocycles. The van der Waals surface area contributed by atoms with E-state index < -0.39 is 35.4 Å². The highest BCUT2D eigenvalue weighted by Crippen LogP contribution is 2.37. The van der Waals surface area contributed by atoms with Gasteiger partial charge in [-0.25, -0.2) is 19.2 Å². The number of nitrogens with zero attached hydrogens (tertiary/aromatic N) is 1. The van der Waals surface area contributed by atoms with Gasteiger partial charge in [0.05, 0.1) is 60.7 Å². The molecule has 3 aromatic rings. The second-order valence-corrected chi connectivity index (χ2v) is 9.67. The highest BCUT2D eigenvalue weighted by molar-refractivity contribution is 7.07. The van der Waals surface area contributed by atoms with Crippen LogP contribution in [0.4, 0.5) is 0 Å². The van der Waals surface area contributed by atoms with Gasteiger partial charge in [-0.3, -0.25) is 9.36 Å². The van der Waals surface area contributed by atoms with Crippen molar-refractivity contribution in [2.24, 2.45) is 5.73 Å². The van der Waals surface area contributed by atoms with E-state index in [0.717, 1.165) is 15.9 Å². The van der Waals surface area contributed by atoms with Crippen molar-refractivity contribution < 1.29 is 38.1 Å². The van der Waals surface area contributed by atoms with Gasteiger partial charge in [-0.2, -0.15) is 0 Å². The number of esters is 4. The second kappa shape index (κ2) is 12.0. The Bertz CT molecular complexity index is 1750. The van der Waals surface area contributed by atoms with Crippen molar-refractivity contribution in [1.29, 1.82) is 0 Å². The predicted octanol–water partition coefficient (Wildman–Crippen LogP) is 1.12. The first-order chi connectivity index (χ1) is 19.7. The van der Waals surface area contributed by atoms with Gasteiger partial charge in [0.2, 0.25) is 0 Å². The maximum absolute atomic E-state index is 13.6. The van der Waals surface area contributed by atoms with Gasteiger partial charge in [0.25, 0.3) is 5.56 Å². The van der Waals surface area contributed by atoms with Crippen molar-refractivity contribution in [1.82, 2.24) is 4.57 Å². The summed E-state index contributed by atoms with van der Waals surface area (Å²) >= 11 is 0.990. The van der Waals surface area contributed by atoms with E-state index in [9.17, 15) is 24.0 Å². The minimum atomic E-state index is -1.07. The van der Waals surface area contributed by atoms with Crippen LogP contribution in [0.3, 0.4) is 0 Å². The summed E-state index contributed by atoms with van der Waals surface area (Å²) in [7, 11) is 3.71. The Hall–Kier alpha value is -4.97. The molecule has 1 aromatic heterocycles. The van der Waals surface area contributed by atoms with Crippen molar-refractivity contribution in [3.8, 4) is 0 Å². The third kappa shape index (κ3) is 5.41. The SMILES string of the molecule is CCOC(=O)C1=C(N)n2c(sc(=Cc3ccc(C(=O)OC)cc3)c2=O)=C(C(=O)OC)[C@@H]1c1ccc(C(=O)OC)cc1. The van der Waals surface area contributed by atoms with Crippen molar-refractivity contribution in [2.45, 2.75) is 12.8 Å². The highest BCUT2D eigenvalue weighted by atomic mass is 32.1. The summed E-state index contributed by atoms with van der Waals surface area (Å²) in [6.45, 7) is 1.63. The van der Waals surface area contributed by atoms with Crippen molar-refractivity contribution in [2.75, 3.05) is 27.9 Å². The largest absolute Gasteiger partial charge is 0.466 e. The summed E-state index contributed by atoms with van der Waals surface area (Å²) in [6.07, 6.45) is 1.58. The van der Waals surface area contributed by atoms with Crippen molar-refractivity contribution >= 4 is 52.7 Å². The molecule has 0 radical (unpaired) electrons. The zero-order chi connectivity index (χ0) is 29.8. The lowest BCUT2D eigenvalue weighted by atomic mass is 9.83. The number of hydrogen-bond acceptors (Lipinski definition) is 11. The van der Waals surface area contributed by atoms with E-state index in [-0.39, 0.29) is 38.3 Å². The number of benzene rings is 2. The van der Waals surface area contributed by atoms with E-state index in [1.807, 2.05) is 0 Å². The maximum atomic E-state index is 13.6.